The van der Waals surface area contributed by atoms with E-state index in [1.165, 1.54) is 12.0 Å². The van der Waals surface area contributed by atoms with E-state index in [9.17, 15) is 14.7 Å². The molecule has 1 atom stereocenters. The number of carbonyl (C=O) groups is 2. The predicted molar refractivity (Wildman–Crippen MR) is 94.9 cm³/mol. The van der Waals surface area contributed by atoms with Crippen LogP contribution < -0.4 is 5.32 Å². The topological polar surface area (TPSA) is 66.4 Å². The van der Waals surface area contributed by atoms with E-state index in [4.69, 9.17) is 0 Å². The van der Waals surface area contributed by atoms with E-state index in [-0.39, 0.29) is 23.7 Å². The van der Waals surface area contributed by atoms with Gasteiger partial charge in [-0.1, -0.05) is 64.3 Å². The van der Waals surface area contributed by atoms with Gasteiger partial charge in [-0.15, -0.1) is 0 Å². The zero-order valence-electron chi connectivity index (χ0n) is 15.0. The molecule has 1 aliphatic rings. The quantitative estimate of drug-likeness (QED) is 0.850. The van der Waals surface area contributed by atoms with Gasteiger partial charge >= 0.3 is 5.97 Å². The fourth-order valence-electron chi connectivity index (χ4n) is 3.30. The van der Waals surface area contributed by atoms with Crippen LogP contribution in [0.15, 0.2) is 24.3 Å². The highest BCUT2D eigenvalue weighted by Crippen LogP contribution is 2.27. The highest BCUT2D eigenvalue weighted by molar-refractivity contribution is 5.80. The highest BCUT2D eigenvalue weighted by atomic mass is 16.4. The van der Waals surface area contributed by atoms with E-state index >= 15 is 0 Å². The zero-order chi connectivity index (χ0) is 17.7. The molecule has 24 heavy (non-hydrogen) atoms. The predicted octanol–water partition coefficient (Wildman–Crippen LogP) is 4.20. The lowest BCUT2D eigenvalue weighted by molar-refractivity contribution is -0.138. The average Bonchev–Trinajstić information content (AvgIpc) is 2.54. The van der Waals surface area contributed by atoms with Crippen LogP contribution in [-0.2, 0) is 15.0 Å². The molecule has 2 N–H and O–H groups in total. The van der Waals surface area contributed by atoms with Crippen LogP contribution in [0.1, 0.15) is 76.5 Å². The number of carboxylic acid groups (broad SMARTS) is 1. The Morgan fingerprint density at radius 2 is 1.71 bits per heavy atom. The molecule has 4 heteroatoms. The van der Waals surface area contributed by atoms with Crippen LogP contribution in [0.25, 0.3) is 0 Å². The van der Waals surface area contributed by atoms with Crippen molar-refractivity contribution in [2.24, 2.45) is 5.92 Å². The van der Waals surface area contributed by atoms with Crippen molar-refractivity contribution in [1.82, 2.24) is 5.32 Å². The summed E-state index contributed by atoms with van der Waals surface area (Å²) in [6.45, 7) is 6.42. The third kappa shape index (κ3) is 5.08. The lowest BCUT2D eigenvalue weighted by Gasteiger charge is -2.25. The van der Waals surface area contributed by atoms with Crippen LogP contribution in [0.4, 0.5) is 0 Å². The normalized spacial score (nSPS) is 17.3. The Labute approximate surface area is 144 Å². The number of aliphatic carboxylic acids is 1. The van der Waals surface area contributed by atoms with Crippen molar-refractivity contribution < 1.29 is 14.7 Å². The Hall–Kier alpha value is -1.84. The molecule has 1 saturated carbocycles. The second-order valence-electron chi connectivity index (χ2n) is 7.87. The van der Waals surface area contributed by atoms with E-state index in [2.05, 4.69) is 26.1 Å². The standard InChI is InChI=1S/C20H29NO3/c1-20(2,3)16-11-9-14(10-12-16)17(13-18(22)23)21-19(24)15-7-5-4-6-8-15/h9-12,15,17H,4-8,13H2,1-3H3,(H,21,24)(H,22,23)/t17-/m0/s1. The second-order valence-corrected chi connectivity index (χ2v) is 7.87. The third-order valence-electron chi connectivity index (χ3n) is 4.85. The largest absolute Gasteiger partial charge is 0.481 e. The van der Waals surface area contributed by atoms with E-state index in [0.29, 0.717) is 0 Å². The Balaban J connectivity index is 2.12. The monoisotopic (exact) mass is 331 g/mol. The minimum atomic E-state index is -0.899. The van der Waals surface area contributed by atoms with Crippen molar-refractivity contribution >= 4 is 11.9 Å². The maximum absolute atomic E-state index is 12.5. The Morgan fingerprint density at radius 3 is 2.21 bits per heavy atom. The average molecular weight is 331 g/mol. The van der Waals surface area contributed by atoms with Crippen LogP contribution in [0, 0.1) is 5.92 Å². The molecule has 2 rings (SSSR count). The summed E-state index contributed by atoms with van der Waals surface area (Å²) in [5, 5.41) is 12.2. The van der Waals surface area contributed by atoms with Gasteiger partial charge in [0, 0.05) is 5.92 Å². The van der Waals surface area contributed by atoms with Gasteiger partial charge < -0.3 is 10.4 Å². The number of benzene rings is 1. The number of amides is 1. The van der Waals surface area contributed by atoms with E-state index in [0.717, 1.165) is 31.2 Å². The molecule has 1 aliphatic carbocycles. The van der Waals surface area contributed by atoms with Gasteiger partial charge in [-0.2, -0.15) is 0 Å². The molecule has 0 unspecified atom stereocenters. The number of carboxylic acids is 1. The molecule has 0 heterocycles. The van der Waals surface area contributed by atoms with Crippen LogP contribution in [-0.4, -0.2) is 17.0 Å². The summed E-state index contributed by atoms with van der Waals surface area (Å²) >= 11 is 0. The first-order valence-electron chi connectivity index (χ1n) is 8.90. The van der Waals surface area contributed by atoms with Gasteiger partial charge in [0.15, 0.2) is 0 Å². The molecule has 132 valence electrons. The number of rotatable bonds is 5. The molecule has 4 nitrogen and oxygen atoms in total. The third-order valence-corrected chi connectivity index (χ3v) is 4.85. The number of hydrogen-bond acceptors (Lipinski definition) is 2. The maximum atomic E-state index is 12.5. The Bertz CT molecular complexity index is 566. The second kappa shape index (κ2) is 7.82. The van der Waals surface area contributed by atoms with Crippen molar-refractivity contribution in [2.45, 2.75) is 70.8 Å². The molecule has 1 fully saturated rings. The van der Waals surface area contributed by atoms with Crippen LogP contribution in [0.3, 0.4) is 0 Å². The van der Waals surface area contributed by atoms with Gasteiger partial charge in [-0.3, -0.25) is 9.59 Å². The molecular formula is C20H29NO3. The molecular weight excluding hydrogens is 302 g/mol. The molecule has 0 radical (unpaired) electrons. The summed E-state index contributed by atoms with van der Waals surface area (Å²) in [5.41, 5.74) is 2.10. The molecule has 0 saturated heterocycles. The zero-order valence-corrected chi connectivity index (χ0v) is 15.0. The molecule has 0 spiro atoms. The molecule has 1 aromatic rings. The first kappa shape index (κ1) is 18.5. The summed E-state index contributed by atoms with van der Waals surface area (Å²) in [5.74, 6) is -0.867. The van der Waals surface area contributed by atoms with Gasteiger partial charge in [-0.25, -0.2) is 0 Å². The summed E-state index contributed by atoms with van der Waals surface area (Å²) in [4.78, 5) is 23.7. The Kier molecular flexibility index (Phi) is 6.03. The summed E-state index contributed by atoms with van der Waals surface area (Å²) < 4.78 is 0. The lowest BCUT2D eigenvalue weighted by atomic mass is 9.85. The molecule has 0 aliphatic heterocycles. The Morgan fingerprint density at radius 1 is 1.12 bits per heavy atom. The smallest absolute Gasteiger partial charge is 0.305 e. The van der Waals surface area contributed by atoms with Gasteiger partial charge in [0.25, 0.3) is 0 Å². The lowest BCUT2D eigenvalue weighted by Crippen LogP contribution is -2.36. The van der Waals surface area contributed by atoms with Gasteiger partial charge in [0.05, 0.1) is 12.5 Å². The van der Waals surface area contributed by atoms with Crippen LogP contribution in [0.2, 0.25) is 0 Å². The first-order valence-corrected chi connectivity index (χ1v) is 8.90. The van der Waals surface area contributed by atoms with Crippen LogP contribution in [0.5, 0.6) is 0 Å². The van der Waals surface area contributed by atoms with Crippen molar-refractivity contribution in [3.63, 3.8) is 0 Å². The van der Waals surface area contributed by atoms with E-state index in [1.807, 2.05) is 24.3 Å². The number of carbonyl (C=O) groups excluding carboxylic acids is 1. The molecule has 0 bridgehead atoms. The van der Waals surface area contributed by atoms with E-state index < -0.39 is 12.0 Å². The van der Waals surface area contributed by atoms with Gasteiger partial charge in [-0.05, 0) is 29.4 Å². The summed E-state index contributed by atoms with van der Waals surface area (Å²) in [6, 6.07) is 7.46. The van der Waals surface area contributed by atoms with Crippen molar-refractivity contribution in [2.75, 3.05) is 0 Å². The molecule has 1 amide bonds. The first-order chi connectivity index (χ1) is 11.3. The fraction of sp³-hybridized carbons (Fsp3) is 0.600. The fourth-order valence-corrected chi connectivity index (χ4v) is 3.30. The van der Waals surface area contributed by atoms with Crippen molar-refractivity contribution in [3.05, 3.63) is 35.4 Å². The van der Waals surface area contributed by atoms with Crippen molar-refractivity contribution in [1.29, 1.82) is 0 Å². The summed E-state index contributed by atoms with van der Waals surface area (Å²) in [6.07, 6.45) is 5.09. The summed E-state index contributed by atoms with van der Waals surface area (Å²) in [7, 11) is 0. The number of nitrogens with one attached hydrogen (secondary N) is 1. The molecule has 1 aromatic carbocycles. The van der Waals surface area contributed by atoms with Crippen molar-refractivity contribution in [3.8, 4) is 0 Å². The highest BCUT2D eigenvalue weighted by Gasteiger charge is 2.25. The van der Waals surface area contributed by atoms with Gasteiger partial charge in [0.2, 0.25) is 5.91 Å². The maximum Gasteiger partial charge on any atom is 0.305 e. The SMILES string of the molecule is CC(C)(C)c1ccc([C@H](CC(=O)O)NC(=O)C2CCCCC2)cc1. The molecule has 0 aromatic heterocycles. The minimum Gasteiger partial charge on any atom is -0.481 e. The minimum absolute atomic E-state index is 0.000785. The number of hydrogen-bond donors (Lipinski definition) is 2. The van der Waals surface area contributed by atoms with Crippen LogP contribution >= 0.6 is 0 Å². The van der Waals surface area contributed by atoms with E-state index in [1.54, 1.807) is 0 Å². The van der Waals surface area contributed by atoms with Gasteiger partial charge in [0.1, 0.15) is 0 Å².